The number of benzene rings is 2. The van der Waals surface area contributed by atoms with Crippen LogP contribution in [-0.4, -0.2) is 51.5 Å². The molecule has 0 aliphatic heterocycles. The van der Waals surface area contributed by atoms with Gasteiger partial charge in [0.15, 0.2) is 5.96 Å². The number of methoxy groups -OCH3 is 2. The topological polar surface area (TPSA) is 84.3 Å². The van der Waals surface area contributed by atoms with Crippen LogP contribution in [0.25, 0.3) is 0 Å². The smallest absolute Gasteiger partial charge is 0.191 e. The largest absolute Gasteiger partial charge is 0.497 e. The maximum Gasteiger partial charge on any atom is 0.191 e. The van der Waals surface area contributed by atoms with Gasteiger partial charge in [-0.1, -0.05) is 17.7 Å². The summed E-state index contributed by atoms with van der Waals surface area (Å²) in [6.45, 7) is 6.04. The second-order valence-corrected chi connectivity index (χ2v) is 6.47. The van der Waals surface area contributed by atoms with Crippen molar-refractivity contribution in [2.45, 2.75) is 20.0 Å². The quantitative estimate of drug-likeness (QED) is 0.190. The molecule has 0 saturated carbocycles. The number of guanidine groups is 1. The minimum atomic E-state index is -0.779. The van der Waals surface area contributed by atoms with Gasteiger partial charge in [0.25, 0.3) is 0 Å². The van der Waals surface area contributed by atoms with E-state index < -0.39 is 6.10 Å². The first kappa shape index (κ1) is 25.8. The Balaban J connectivity index is 0.00000450. The summed E-state index contributed by atoms with van der Waals surface area (Å²) in [6.07, 6.45) is -0.779. The van der Waals surface area contributed by atoms with Crippen LogP contribution < -0.4 is 24.8 Å². The number of halogens is 1. The molecular weight excluding hydrogens is 497 g/mol. The zero-order valence-electron chi connectivity index (χ0n) is 18.0. The molecule has 0 radical (unpaired) electrons. The van der Waals surface area contributed by atoms with Crippen LogP contribution in [0.4, 0.5) is 0 Å². The molecule has 2 rings (SSSR count). The Hall–Kier alpha value is -2.20. The summed E-state index contributed by atoms with van der Waals surface area (Å²) in [4.78, 5) is 4.46. The summed E-state index contributed by atoms with van der Waals surface area (Å²) in [5.74, 6) is 2.71. The summed E-state index contributed by atoms with van der Waals surface area (Å²) >= 11 is 0. The Morgan fingerprint density at radius 2 is 1.63 bits per heavy atom. The number of hydrogen-bond donors (Lipinski definition) is 3. The standard InChI is InChI=1S/C22H31N3O4.HI/c1-5-23-22(24-10-11-29-18-8-6-16(2)7-9-18)25-15-21(26)17-12-19(27-3)14-20(13-17)28-4;/h6-9,12-14,21,26H,5,10-11,15H2,1-4H3,(H2,23,24,25);1H. The summed E-state index contributed by atoms with van der Waals surface area (Å²) in [6, 6.07) is 13.3. The lowest BCUT2D eigenvalue weighted by atomic mass is 10.1. The van der Waals surface area contributed by atoms with Crippen molar-refractivity contribution in [2.75, 3.05) is 40.5 Å². The van der Waals surface area contributed by atoms with Crippen molar-refractivity contribution in [3.05, 3.63) is 53.6 Å². The fourth-order valence-corrected chi connectivity index (χ4v) is 2.62. The minimum Gasteiger partial charge on any atom is -0.497 e. The van der Waals surface area contributed by atoms with Crippen molar-refractivity contribution in [2.24, 2.45) is 4.99 Å². The third-order valence-corrected chi connectivity index (χ3v) is 4.21. The van der Waals surface area contributed by atoms with Gasteiger partial charge in [0.05, 0.1) is 33.4 Å². The molecule has 7 nitrogen and oxygen atoms in total. The molecule has 166 valence electrons. The molecule has 0 spiro atoms. The van der Waals surface area contributed by atoms with Crippen molar-refractivity contribution in [3.8, 4) is 17.2 Å². The molecule has 0 aliphatic carbocycles. The monoisotopic (exact) mass is 529 g/mol. The van der Waals surface area contributed by atoms with E-state index in [4.69, 9.17) is 14.2 Å². The van der Waals surface area contributed by atoms with Gasteiger partial charge < -0.3 is 30.0 Å². The number of aryl methyl sites for hydroxylation is 1. The Labute approximate surface area is 195 Å². The summed E-state index contributed by atoms with van der Waals surface area (Å²) in [5, 5.41) is 16.9. The lowest BCUT2D eigenvalue weighted by molar-refractivity contribution is 0.186. The molecule has 0 heterocycles. The average molecular weight is 529 g/mol. The summed E-state index contributed by atoms with van der Waals surface area (Å²) < 4.78 is 16.2. The maximum atomic E-state index is 10.5. The highest BCUT2D eigenvalue weighted by molar-refractivity contribution is 14.0. The van der Waals surface area contributed by atoms with E-state index in [2.05, 4.69) is 15.6 Å². The van der Waals surface area contributed by atoms with Crippen LogP contribution in [0.5, 0.6) is 17.2 Å². The van der Waals surface area contributed by atoms with E-state index in [1.165, 1.54) is 5.56 Å². The molecule has 3 N–H and O–H groups in total. The zero-order chi connectivity index (χ0) is 21.1. The third-order valence-electron chi connectivity index (χ3n) is 4.21. The van der Waals surface area contributed by atoms with Crippen LogP contribution in [0, 0.1) is 6.92 Å². The van der Waals surface area contributed by atoms with Crippen molar-refractivity contribution in [1.29, 1.82) is 0 Å². The fourth-order valence-electron chi connectivity index (χ4n) is 2.62. The molecular formula is C22H32IN3O4. The molecule has 0 amide bonds. The van der Waals surface area contributed by atoms with Gasteiger partial charge in [-0.25, -0.2) is 0 Å². The van der Waals surface area contributed by atoms with Crippen LogP contribution in [-0.2, 0) is 0 Å². The van der Waals surface area contributed by atoms with Gasteiger partial charge in [-0.15, -0.1) is 24.0 Å². The lowest BCUT2D eigenvalue weighted by Crippen LogP contribution is -2.39. The molecule has 8 heteroatoms. The van der Waals surface area contributed by atoms with Crippen LogP contribution in [0.3, 0.4) is 0 Å². The van der Waals surface area contributed by atoms with E-state index in [0.29, 0.717) is 42.7 Å². The van der Waals surface area contributed by atoms with Crippen molar-refractivity contribution in [3.63, 3.8) is 0 Å². The van der Waals surface area contributed by atoms with Crippen molar-refractivity contribution < 1.29 is 19.3 Å². The lowest BCUT2D eigenvalue weighted by Gasteiger charge is -2.15. The van der Waals surface area contributed by atoms with Gasteiger partial charge >= 0.3 is 0 Å². The van der Waals surface area contributed by atoms with E-state index in [-0.39, 0.29) is 30.5 Å². The van der Waals surface area contributed by atoms with Crippen molar-refractivity contribution >= 4 is 29.9 Å². The first-order chi connectivity index (χ1) is 14.0. The summed E-state index contributed by atoms with van der Waals surface area (Å²) in [7, 11) is 3.16. The second-order valence-electron chi connectivity index (χ2n) is 6.47. The van der Waals surface area contributed by atoms with Gasteiger partial charge in [0.1, 0.15) is 23.9 Å². The minimum absolute atomic E-state index is 0. The van der Waals surface area contributed by atoms with Crippen LogP contribution in [0.2, 0.25) is 0 Å². The van der Waals surface area contributed by atoms with Gasteiger partial charge in [0.2, 0.25) is 0 Å². The first-order valence-corrected chi connectivity index (χ1v) is 9.68. The van der Waals surface area contributed by atoms with E-state index in [1.807, 2.05) is 38.1 Å². The molecule has 2 aromatic carbocycles. The Bertz CT molecular complexity index is 762. The Morgan fingerprint density at radius 3 is 2.20 bits per heavy atom. The van der Waals surface area contributed by atoms with Gasteiger partial charge in [-0.05, 0) is 43.7 Å². The Kier molecular flexibility index (Phi) is 12.0. The maximum absolute atomic E-state index is 10.5. The van der Waals surface area contributed by atoms with Crippen LogP contribution >= 0.6 is 24.0 Å². The predicted octanol–water partition coefficient (Wildman–Crippen LogP) is 3.30. The fraction of sp³-hybridized carbons (Fsp3) is 0.409. The predicted molar refractivity (Wildman–Crippen MR) is 131 cm³/mol. The van der Waals surface area contributed by atoms with Gasteiger partial charge in [-0.3, -0.25) is 4.99 Å². The normalized spacial score (nSPS) is 11.8. The molecule has 2 aromatic rings. The highest BCUT2D eigenvalue weighted by Crippen LogP contribution is 2.26. The number of aliphatic hydroxyl groups is 1. The number of ether oxygens (including phenoxy) is 3. The number of aliphatic hydroxyl groups excluding tert-OH is 1. The Morgan fingerprint density at radius 1 is 1.00 bits per heavy atom. The van der Waals surface area contributed by atoms with Crippen LogP contribution in [0.15, 0.2) is 47.5 Å². The zero-order valence-corrected chi connectivity index (χ0v) is 20.3. The SMILES string of the molecule is CCNC(=NCC(O)c1cc(OC)cc(OC)c1)NCCOc1ccc(C)cc1.I. The molecule has 30 heavy (non-hydrogen) atoms. The van der Waals surface area contributed by atoms with Crippen molar-refractivity contribution in [1.82, 2.24) is 10.6 Å². The van der Waals surface area contributed by atoms with E-state index in [9.17, 15) is 5.11 Å². The highest BCUT2D eigenvalue weighted by Gasteiger charge is 2.11. The van der Waals surface area contributed by atoms with Gasteiger partial charge in [0, 0.05) is 12.6 Å². The number of hydrogen-bond acceptors (Lipinski definition) is 5. The van der Waals surface area contributed by atoms with E-state index >= 15 is 0 Å². The molecule has 0 fully saturated rings. The number of nitrogens with one attached hydrogen (secondary N) is 2. The number of aliphatic imine (C=N–C) groups is 1. The number of nitrogens with zero attached hydrogens (tertiary/aromatic N) is 1. The molecule has 0 bridgehead atoms. The molecule has 0 saturated heterocycles. The van der Waals surface area contributed by atoms with E-state index in [1.54, 1.807) is 32.4 Å². The molecule has 0 aliphatic rings. The molecule has 0 aromatic heterocycles. The first-order valence-electron chi connectivity index (χ1n) is 9.68. The average Bonchev–Trinajstić information content (AvgIpc) is 2.75. The second kappa shape index (κ2) is 13.9. The summed E-state index contributed by atoms with van der Waals surface area (Å²) in [5.41, 5.74) is 1.88. The van der Waals surface area contributed by atoms with Crippen LogP contribution in [0.1, 0.15) is 24.2 Å². The number of rotatable bonds is 10. The third kappa shape index (κ3) is 8.66. The van der Waals surface area contributed by atoms with E-state index in [0.717, 1.165) is 5.75 Å². The highest BCUT2D eigenvalue weighted by atomic mass is 127. The molecule has 1 unspecified atom stereocenters. The molecule has 1 atom stereocenters. The van der Waals surface area contributed by atoms with Gasteiger partial charge in [-0.2, -0.15) is 0 Å².